The molecule has 0 aliphatic carbocycles. The summed E-state index contributed by atoms with van der Waals surface area (Å²) in [6.45, 7) is 5.12. The SMILES string of the molecule is Cn1c(=O)c2cc([N+](=O)[O-])ccc2n1C(=O)OC(C)(C)C. The van der Waals surface area contributed by atoms with Gasteiger partial charge in [0, 0.05) is 19.2 Å². The number of rotatable bonds is 1. The summed E-state index contributed by atoms with van der Waals surface area (Å²) in [6.07, 6.45) is -0.717. The van der Waals surface area contributed by atoms with Gasteiger partial charge in [-0.05, 0) is 26.8 Å². The zero-order chi connectivity index (χ0) is 15.9. The molecule has 0 saturated carbocycles. The van der Waals surface area contributed by atoms with E-state index in [1.807, 2.05) is 0 Å². The van der Waals surface area contributed by atoms with Crippen LogP contribution in [0, 0.1) is 10.1 Å². The molecule has 21 heavy (non-hydrogen) atoms. The summed E-state index contributed by atoms with van der Waals surface area (Å²) in [7, 11) is 1.40. The fraction of sp³-hybridized carbons (Fsp3) is 0.385. The van der Waals surface area contributed by atoms with Gasteiger partial charge in [-0.25, -0.2) is 9.48 Å². The van der Waals surface area contributed by atoms with E-state index < -0.39 is 22.2 Å². The van der Waals surface area contributed by atoms with Crippen LogP contribution in [-0.2, 0) is 11.8 Å². The molecule has 1 aromatic carbocycles. The lowest BCUT2D eigenvalue weighted by atomic mass is 10.2. The zero-order valence-electron chi connectivity index (χ0n) is 12.1. The quantitative estimate of drug-likeness (QED) is 0.592. The molecule has 0 radical (unpaired) electrons. The summed E-state index contributed by atoms with van der Waals surface area (Å²) in [4.78, 5) is 34.5. The van der Waals surface area contributed by atoms with Crippen LogP contribution in [0.4, 0.5) is 10.5 Å². The van der Waals surface area contributed by atoms with E-state index >= 15 is 0 Å². The minimum atomic E-state index is -0.718. The lowest BCUT2D eigenvalue weighted by molar-refractivity contribution is -0.384. The molecule has 112 valence electrons. The molecule has 2 rings (SSSR count). The average molecular weight is 293 g/mol. The maximum Gasteiger partial charge on any atom is 0.434 e. The Morgan fingerprint density at radius 2 is 1.95 bits per heavy atom. The highest BCUT2D eigenvalue weighted by atomic mass is 16.6. The fourth-order valence-electron chi connectivity index (χ4n) is 1.95. The van der Waals surface area contributed by atoms with E-state index in [2.05, 4.69) is 0 Å². The molecule has 0 bridgehead atoms. The molecular formula is C13H15N3O5. The number of nitrogens with zero attached hydrogens (tertiary/aromatic N) is 3. The first kappa shape index (κ1) is 14.8. The van der Waals surface area contributed by atoms with Gasteiger partial charge in [-0.1, -0.05) is 0 Å². The van der Waals surface area contributed by atoms with Gasteiger partial charge in [-0.15, -0.1) is 0 Å². The second-order valence-corrected chi connectivity index (χ2v) is 5.58. The number of carbonyl (C=O) groups is 1. The van der Waals surface area contributed by atoms with Gasteiger partial charge in [0.05, 0.1) is 15.8 Å². The Morgan fingerprint density at radius 1 is 1.33 bits per heavy atom. The van der Waals surface area contributed by atoms with Gasteiger partial charge >= 0.3 is 6.09 Å². The van der Waals surface area contributed by atoms with Crippen LogP contribution in [0.25, 0.3) is 10.9 Å². The smallest absolute Gasteiger partial charge is 0.434 e. The van der Waals surface area contributed by atoms with Crippen molar-refractivity contribution < 1.29 is 14.5 Å². The minimum absolute atomic E-state index is 0.0950. The largest absolute Gasteiger partial charge is 0.442 e. The van der Waals surface area contributed by atoms with Crippen LogP contribution in [0.3, 0.4) is 0 Å². The Hall–Kier alpha value is -2.64. The van der Waals surface area contributed by atoms with Gasteiger partial charge in [-0.2, -0.15) is 4.68 Å². The van der Waals surface area contributed by atoms with Gasteiger partial charge < -0.3 is 4.74 Å². The van der Waals surface area contributed by atoms with Crippen LogP contribution in [0.1, 0.15) is 20.8 Å². The number of nitro benzene ring substituents is 1. The van der Waals surface area contributed by atoms with Crippen LogP contribution in [0.5, 0.6) is 0 Å². The summed E-state index contributed by atoms with van der Waals surface area (Å²) in [5.41, 5.74) is -1.16. The van der Waals surface area contributed by atoms with Crippen LogP contribution < -0.4 is 5.56 Å². The number of hydrogen-bond acceptors (Lipinski definition) is 5. The third-order valence-corrected chi connectivity index (χ3v) is 2.81. The molecule has 0 fully saturated rings. The highest BCUT2D eigenvalue weighted by Gasteiger charge is 2.23. The number of hydrogen-bond donors (Lipinski definition) is 0. The molecule has 8 nitrogen and oxygen atoms in total. The Bertz CT molecular complexity index is 794. The number of nitro groups is 1. The third kappa shape index (κ3) is 2.64. The first-order valence-electron chi connectivity index (χ1n) is 6.21. The van der Waals surface area contributed by atoms with Gasteiger partial charge in [0.25, 0.3) is 11.2 Å². The van der Waals surface area contributed by atoms with Crippen molar-refractivity contribution in [1.82, 2.24) is 9.36 Å². The molecule has 0 unspecified atom stereocenters. The van der Waals surface area contributed by atoms with Crippen LogP contribution in [-0.4, -0.2) is 26.0 Å². The van der Waals surface area contributed by atoms with Crippen LogP contribution in [0.2, 0.25) is 0 Å². The second-order valence-electron chi connectivity index (χ2n) is 5.58. The van der Waals surface area contributed by atoms with E-state index in [0.29, 0.717) is 0 Å². The van der Waals surface area contributed by atoms with Crippen molar-refractivity contribution in [3.63, 3.8) is 0 Å². The zero-order valence-corrected chi connectivity index (χ0v) is 12.1. The summed E-state index contributed by atoms with van der Waals surface area (Å²) in [6, 6.07) is 3.75. The number of ether oxygens (including phenoxy) is 1. The predicted molar refractivity (Wildman–Crippen MR) is 75.5 cm³/mol. The van der Waals surface area contributed by atoms with Crippen molar-refractivity contribution in [3.8, 4) is 0 Å². The van der Waals surface area contributed by atoms with Crippen molar-refractivity contribution in [2.45, 2.75) is 26.4 Å². The van der Waals surface area contributed by atoms with Crippen molar-refractivity contribution >= 4 is 22.7 Å². The van der Waals surface area contributed by atoms with E-state index in [9.17, 15) is 19.7 Å². The lowest BCUT2D eigenvalue weighted by Gasteiger charge is -2.20. The van der Waals surface area contributed by atoms with Crippen molar-refractivity contribution in [2.75, 3.05) is 0 Å². The first-order chi connectivity index (χ1) is 9.61. The molecule has 8 heteroatoms. The van der Waals surface area contributed by atoms with E-state index in [-0.39, 0.29) is 16.6 Å². The van der Waals surface area contributed by atoms with Crippen LogP contribution in [0.15, 0.2) is 23.0 Å². The number of fused-ring (bicyclic) bond motifs is 1. The molecule has 2 aromatic rings. The highest BCUT2D eigenvalue weighted by molar-refractivity contribution is 5.89. The Kier molecular flexibility index (Phi) is 3.32. The lowest BCUT2D eigenvalue weighted by Crippen LogP contribution is -2.31. The predicted octanol–water partition coefficient (Wildman–Crippen LogP) is 2.03. The van der Waals surface area contributed by atoms with Crippen LogP contribution >= 0.6 is 0 Å². The molecule has 0 aliphatic rings. The molecule has 1 heterocycles. The third-order valence-electron chi connectivity index (χ3n) is 2.81. The van der Waals surface area contributed by atoms with Gasteiger partial charge in [0.15, 0.2) is 0 Å². The van der Waals surface area contributed by atoms with Gasteiger partial charge in [-0.3, -0.25) is 14.9 Å². The standard InChI is InChI=1S/C13H15N3O5/c1-13(2,3)21-12(18)15-10-6-5-8(16(19)20)7-9(10)11(17)14(15)4/h5-7H,1-4H3. The molecule has 0 amide bonds. The van der Waals surface area contributed by atoms with Crippen molar-refractivity contribution in [2.24, 2.45) is 7.05 Å². The van der Waals surface area contributed by atoms with E-state index in [0.717, 1.165) is 15.4 Å². The van der Waals surface area contributed by atoms with Crippen molar-refractivity contribution in [1.29, 1.82) is 0 Å². The average Bonchev–Trinajstić information content (AvgIpc) is 2.59. The molecular weight excluding hydrogens is 278 g/mol. The Balaban J connectivity index is 2.66. The first-order valence-corrected chi connectivity index (χ1v) is 6.21. The maximum absolute atomic E-state index is 12.2. The second kappa shape index (κ2) is 4.72. The number of carbonyl (C=O) groups excluding carboxylic acids is 1. The number of aromatic nitrogens is 2. The van der Waals surface area contributed by atoms with Gasteiger partial charge in [0.2, 0.25) is 0 Å². The molecule has 0 spiro atoms. The van der Waals surface area contributed by atoms with Gasteiger partial charge in [0.1, 0.15) is 5.60 Å². The summed E-state index contributed by atoms with van der Waals surface area (Å²) < 4.78 is 7.37. The fourth-order valence-corrected chi connectivity index (χ4v) is 1.95. The molecule has 0 aliphatic heterocycles. The minimum Gasteiger partial charge on any atom is -0.442 e. The monoisotopic (exact) mass is 293 g/mol. The topological polar surface area (TPSA) is 96.4 Å². The summed E-state index contributed by atoms with van der Waals surface area (Å²) in [5.74, 6) is 0. The summed E-state index contributed by atoms with van der Waals surface area (Å²) in [5, 5.41) is 10.9. The van der Waals surface area contributed by atoms with E-state index in [1.54, 1.807) is 20.8 Å². The van der Waals surface area contributed by atoms with Crippen molar-refractivity contribution in [3.05, 3.63) is 38.7 Å². The summed E-state index contributed by atoms with van der Waals surface area (Å²) >= 11 is 0. The molecule has 0 atom stereocenters. The highest BCUT2D eigenvalue weighted by Crippen LogP contribution is 2.20. The Morgan fingerprint density at radius 3 is 2.48 bits per heavy atom. The van der Waals surface area contributed by atoms with E-state index in [4.69, 9.17) is 4.74 Å². The molecule has 0 N–H and O–H groups in total. The molecule has 1 aromatic heterocycles. The Labute approximate surface area is 119 Å². The normalized spacial score (nSPS) is 11.6. The van der Waals surface area contributed by atoms with E-state index in [1.165, 1.54) is 19.2 Å². The number of non-ortho nitro benzene ring substituents is 1. The maximum atomic E-state index is 12.2. The number of benzene rings is 1. The molecule has 0 saturated heterocycles.